The van der Waals surface area contributed by atoms with Gasteiger partial charge < -0.3 is 10.2 Å². The summed E-state index contributed by atoms with van der Waals surface area (Å²) < 4.78 is 0.886. The van der Waals surface area contributed by atoms with Crippen LogP contribution in [0.5, 0.6) is 0 Å². The molecule has 1 aliphatic heterocycles. The van der Waals surface area contributed by atoms with Gasteiger partial charge in [0, 0.05) is 29.3 Å². The molecule has 6 heteroatoms. The normalized spacial score (nSPS) is 19.2. The minimum atomic E-state index is -0.303. The lowest BCUT2D eigenvalue weighted by atomic mass is 10.0. The molecule has 5 nitrogen and oxygen atoms in total. The van der Waals surface area contributed by atoms with Crippen molar-refractivity contribution in [3.63, 3.8) is 0 Å². The Bertz CT molecular complexity index is 461. The van der Waals surface area contributed by atoms with Gasteiger partial charge in [-0.05, 0) is 54.1 Å². The number of likely N-dealkylation sites (N-methyl/N-ethyl adjacent to an activating group) is 1. The molecule has 0 saturated carbocycles. The fourth-order valence-corrected chi connectivity index (χ4v) is 2.95. The number of rotatable bonds is 4. The first-order valence-corrected chi connectivity index (χ1v) is 7.54. The van der Waals surface area contributed by atoms with Gasteiger partial charge in [0.05, 0.1) is 4.92 Å². The van der Waals surface area contributed by atoms with Gasteiger partial charge in [-0.25, -0.2) is 0 Å². The molecule has 1 atom stereocenters. The quantitative estimate of drug-likeness (QED) is 0.500. The molecular weight excluding hydrogens is 357 g/mol. The number of halogens is 1. The Hall–Kier alpha value is -0.890. The number of nitro benzene ring substituents is 1. The molecule has 1 fully saturated rings. The van der Waals surface area contributed by atoms with Crippen molar-refractivity contribution in [2.75, 3.05) is 25.0 Å². The first-order valence-electron chi connectivity index (χ1n) is 6.46. The van der Waals surface area contributed by atoms with Crippen molar-refractivity contribution in [1.29, 1.82) is 0 Å². The Labute approximate surface area is 126 Å². The zero-order valence-electron chi connectivity index (χ0n) is 10.9. The Kier molecular flexibility index (Phi) is 4.98. The molecule has 0 radical (unpaired) electrons. The lowest BCUT2D eigenvalue weighted by molar-refractivity contribution is -0.384. The van der Waals surface area contributed by atoms with Crippen LogP contribution in [0.25, 0.3) is 0 Å². The highest BCUT2D eigenvalue weighted by molar-refractivity contribution is 14.1. The van der Waals surface area contributed by atoms with E-state index in [1.165, 1.54) is 12.8 Å². The number of benzene rings is 1. The molecule has 1 unspecified atom stereocenters. The summed E-state index contributed by atoms with van der Waals surface area (Å²) in [5, 5.41) is 14.6. The van der Waals surface area contributed by atoms with Crippen LogP contribution >= 0.6 is 22.6 Å². The summed E-state index contributed by atoms with van der Waals surface area (Å²) in [4.78, 5) is 12.8. The van der Waals surface area contributed by atoms with Gasteiger partial charge in [-0.2, -0.15) is 0 Å². The Morgan fingerprint density at radius 1 is 1.53 bits per heavy atom. The molecule has 1 N–H and O–H groups in total. The van der Waals surface area contributed by atoms with Gasteiger partial charge in [-0.3, -0.25) is 10.1 Å². The summed E-state index contributed by atoms with van der Waals surface area (Å²) in [6.45, 7) is 1.86. The second-order valence-electron chi connectivity index (χ2n) is 4.92. The molecule has 0 aromatic heterocycles. The zero-order chi connectivity index (χ0) is 13.8. The molecule has 1 saturated heterocycles. The summed E-state index contributed by atoms with van der Waals surface area (Å²) in [6.07, 6.45) is 3.60. The smallest absolute Gasteiger partial charge is 0.293 e. The second-order valence-corrected chi connectivity index (χ2v) is 6.16. The number of hydrogen-bond donors (Lipinski definition) is 1. The molecule has 0 aliphatic carbocycles. The average molecular weight is 375 g/mol. The second kappa shape index (κ2) is 6.51. The van der Waals surface area contributed by atoms with Gasteiger partial charge >= 0.3 is 0 Å². The van der Waals surface area contributed by atoms with Gasteiger partial charge in [0.1, 0.15) is 5.69 Å². The van der Waals surface area contributed by atoms with Crippen molar-refractivity contribution in [2.45, 2.75) is 25.3 Å². The molecule has 0 spiro atoms. The van der Waals surface area contributed by atoms with E-state index in [0.29, 0.717) is 11.7 Å². The largest absolute Gasteiger partial charge is 0.367 e. The average Bonchev–Trinajstić information content (AvgIpc) is 2.39. The van der Waals surface area contributed by atoms with Crippen molar-refractivity contribution < 1.29 is 4.92 Å². The van der Waals surface area contributed by atoms with Gasteiger partial charge in [0.15, 0.2) is 0 Å². The van der Waals surface area contributed by atoms with Crippen molar-refractivity contribution in [2.24, 2.45) is 0 Å². The van der Waals surface area contributed by atoms with E-state index in [1.54, 1.807) is 6.07 Å². The maximum Gasteiger partial charge on any atom is 0.293 e. The minimum Gasteiger partial charge on any atom is -0.367 e. The van der Waals surface area contributed by atoms with Gasteiger partial charge in [0.25, 0.3) is 5.69 Å². The minimum absolute atomic E-state index is 0.185. The predicted molar refractivity (Wildman–Crippen MR) is 84.7 cm³/mol. The van der Waals surface area contributed by atoms with Crippen LogP contribution in [-0.2, 0) is 0 Å². The molecule has 0 bridgehead atoms. The molecular formula is C13H18IN3O2. The lowest BCUT2D eigenvalue weighted by Gasteiger charge is -2.29. The van der Waals surface area contributed by atoms with E-state index >= 15 is 0 Å². The van der Waals surface area contributed by atoms with Crippen LogP contribution in [0.15, 0.2) is 18.2 Å². The van der Waals surface area contributed by atoms with E-state index in [0.717, 1.165) is 23.1 Å². The van der Waals surface area contributed by atoms with Crippen LogP contribution in [0.2, 0.25) is 0 Å². The lowest BCUT2D eigenvalue weighted by Crippen LogP contribution is -2.42. The van der Waals surface area contributed by atoms with Crippen molar-refractivity contribution in [3.8, 4) is 0 Å². The van der Waals surface area contributed by atoms with Crippen molar-refractivity contribution in [3.05, 3.63) is 31.9 Å². The molecule has 1 aromatic rings. The number of nitro groups is 1. The van der Waals surface area contributed by atoms with Crippen molar-refractivity contribution in [1.82, 2.24) is 5.32 Å². The highest BCUT2D eigenvalue weighted by atomic mass is 127. The fourth-order valence-electron chi connectivity index (χ4n) is 2.47. The number of piperidine rings is 1. The predicted octanol–water partition coefficient (Wildman–Crippen LogP) is 2.78. The van der Waals surface area contributed by atoms with Crippen LogP contribution in [-0.4, -0.2) is 31.1 Å². The third-order valence-corrected chi connectivity index (χ3v) is 4.12. The van der Waals surface area contributed by atoms with E-state index in [9.17, 15) is 10.1 Å². The Morgan fingerprint density at radius 3 is 2.95 bits per heavy atom. The van der Waals surface area contributed by atoms with E-state index in [4.69, 9.17) is 0 Å². The summed E-state index contributed by atoms with van der Waals surface area (Å²) in [6, 6.07) is 5.80. The monoisotopic (exact) mass is 375 g/mol. The van der Waals surface area contributed by atoms with Crippen LogP contribution in [0.4, 0.5) is 11.4 Å². The molecule has 1 aliphatic rings. The Balaban J connectivity index is 2.13. The van der Waals surface area contributed by atoms with Crippen LogP contribution in [0, 0.1) is 13.7 Å². The van der Waals surface area contributed by atoms with Gasteiger partial charge in [-0.15, -0.1) is 0 Å². The first kappa shape index (κ1) is 14.5. The van der Waals surface area contributed by atoms with E-state index < -0.39 is 0 Å². The standard InChI is InChI=1S/C13H18IN3O2/c1-16(9-11-4-2-3-7-15-11)12-6-5-10(14)8-13(12)17(18)19/h5-6,8,11,15H,2-4,7,9H2,1H3. The number of nitrogens with zero attached hydrogens (tertiary/aromatic N) is 2. The summed E-state index contributed by atoms with van der Waals surface area (Å²) in [7, 11) is 1.92. The van der Waals surface area contributed by atoms with Crippen LogP contribution in [0.3, 0.4) is 0 Å². The SMILES string of the molecule is CN(CC1CCCCN1)c1ccc(I)cc1[N+](=O)[O-]. The summed E-state index contributed by atoms with van der Waals surface area (Å²) in [5.74, 6) is 0. The molecule has 0 amide bonds. The number of anilines is 1. The molecule has 19 heavy (non-hydrogen) atoms. The fraction of sp³-hybridized carbons (Fsp3) is 0.538. The van der Waals surface area contributed by atoms with Crippen LogP contribution < -0.4 is 10.2 Å². The van der Waals surface area contributed by atoms with E-state index in [2.05, 4.69) is 27.9 Å². The van der Waals surface area contributed by atoms with E-state index in [-0.39, 0.29) is 10.6 Å². The Morgan fingerprint density at radius 2 is 2.32 bits per heavy atom. The third-order valence-electron chi connectivity index (χ3n) is 3.45. The molecule has 2 rings (SSSR count). The summed E-state index contributed by atoms with van der Waals surface area (Å²) >= 11 is 2.10. The van der Waals surface area contributed by atoms with Crippen LogP contribution in [0.1, 0.15) is 19.3 Å². The third kappa shape index (κ3) is 3.79. The molecule has 1 heterocycles. The van der Waals surface area contributed by atoms with Gasteiger partial charge in [-0.1, -0.05) is 6.42 Å². The highest BCUT2D eigenvalue weighted by Gasteiger charge is 2.21. The van der Waals surface area contributed by atoms with E-state index in [1.807, 2.05) is 24.1 Å². The maximum atomic E-state index is 11.1. The number of nitrogens with one attached hydrogen (secondary N) is 1. The van der Waals surface area contributed by atoms with Crippen molar-refractivity contribution >= 4 is 34.0 Å². The number of hydrogen-bond acceptors (Lipinski definition) is 4. The zero-order valence-corrected chi connectivity index (χ0v) is 13.1. The molecule has 1 aromatic carbocycles. The topological polar surface area (TPSA) is 58.4 Å². The summed E-state index contributed by atoms with van der Waals surface area (Å²) in [5.41, 5.74) is 0.878. The maximum absolute atomic E-state index is 11.1. The van der Waals surface area contributed by atoms with Gasteiger partial charge in [0.2, 0.25) is 0 Å². The molecule has 104 valence electrons. The highest BCUT2D eigenvalue weighted by Crippen LogP contribution is 2.29. The first-order chi connectivity index (χ1) is 9.08.